The van der Waals surface area contributed by atoms with E-state index in [4.69, 9.17) is 5.73 Å². The van der Waals surface area contributed by atoms with Gasteiger partial charge in [-0.3, -0.25) is 4.99 Å². The molecule has 2 rings (SSSR count). The van der Waals surface area contributed by atoms with Crippen LogP contribution in [-0.4, -0.2) is 48.5 Å². The minimum atomic E-state index is -0.166. The zero-order chi connectivity index (χ0) is 15.4. The van der Waals surface area contributed by atoms with E-state index in [1.165, 1.54) is 6.07 Å². The van der Waals surface area contributed by atoms with Crippen molar-refractivity contribution in [3.8, 4) is 0 Å². The van der Waals surface area contributed by atoms with Crippen molar-refractivity contribution in [2.75, 3.05) is 32.7 Å². The molecule has 0 amide bonds. The molecule has 1 aromatic rings. The van der Waals surface area contributed by atoms with Crippen LogP contribution in [0.5, 0.6) is 0 Å². The third kappa shape index (κ3) is 3.53. The van der Waals surface area contributed by atoms with Crippen LogP contribution in [0.3, 0.4) is 0 Å². The highest BCUT2D eigenvalue weighted by atomic mass is 19.1. The van der Waals surface area contributed by atoms with Gasteiger partial charge in [-0.15, -0.1) is 0 Å². The number of likely N-dealkylation sites (N-methyl/N-ethyl adjacent to an activating group) is 1. The van der Waals surface area contributed by atoms with E-state index in [9.17, 15) is 4.39 Å². The van der Waals surface area contributed by atoms with E-state index < -0.39 is 0 Å². The minimum Gasteiger partial charge on any atom is -0.370 e. The minimum absolute atomic E-state index is 0.125. The predicted octanol–water partition coefficient (Wildman–Crippen LogP) is 2.15. The van der Waals surface area contributed by atoms with Crippen molar-refractivity contribution in [1.29, 1.82) is 0 Å². The van der Waals surface area contributed by atoms with Gasteiger partial charge >= 0.3 is 0 Å². The Labute approximate surface area is 126 Å². The van der Waals surface area contributed by atoms with E-state index in [2.05, 4.69) is 28.6 Å². The molecule has 0 fully saturated rings. The normalized spacial score (nSPS) is 18.4. The summed E-state index contributed by atoms with van der Waals surface area (Å²) in [5.74, 6) is 0.425. The number of rotatable bonds is 6. The van der Waals surface area contributed by atoms with E-state index in [-0.39, 0.29) is 11.9 Å². The average molecular weight is 292 g/mol. The number of nitrogens with two attached hydrogens (primary N) is 1. The summed E-state index contributed by atoms with van der Waals surface area (Å²) >= 11 is 0. The zero-order valence-corrected chi connectivity index (χ0v) is 13.1. The highest BCUT2D eigenvalue weighted by Crippen LogP contribution is 2.26. The van der Waals surface area contributed by atoms with Crippen LogP contribution in [0.2, 0.25) is 0 Å². The van der Waals surface area contributed by atoms with Crippen LogP contribution in [0.1, 0.15) is 31.0 Å². The standard InChI is InChI=1S/C16H25FN4/c1-4-20(5-2)8-9-21-15(11-19-16(21)18)13-6-7-14(17)12(3)10-13/h6-7,10,15H,4-5,8-9,11H2,1-3H3,(H2,18,19). The van der Waals surface area contributed by atoms with E-state index in [0.29, 0.717) is 18.1 Å². The highest BCUT2D eigenvalue weighted by Gasteiger charge is 2.27. The fraction of sp³-hybridized carbons (Fsp3) is 0.562. The fourth-order valence-electron chi connectivity index (χ4n) is 2.75. The number of halogens is 1. The summed E-state index contributed by atoms with van der Waals surface area (Å²) in [5.41, 5.74) is 7.78. The van der Waals surface area contributed by atoms with E-state index >= 15 is 0 Å². The molecule has 5 heteroatoms. The Balaban J connectivity index is 2.10. The maximum absolute atomic E-state index is 13.4. The molecule has 1 atom stereocenters. The third-order valence-corrected chi connectivity index (χ3v) is 4.22. The molecule has 4 nitrogen and oxygen atoms in total. The van der Waals surface area contributed by atoms with Crippen LogP contribution in [0.25, 0.3) is 0 Å². The summed E-state index contributed by atoms with van der Waals surface area (Å²) in [4.78, 5) is 8.85. The molecule has 0 bridgehead atoms. The molecule has 1 unspecified atom stereocenters. The molecule has 0 saturated carbocycles. The number of benzene rings is 1. The van der Waals surface area contributed by atoms with Crippen molar-refractivity contribution in [3.05, 3.63) is 35.1 Å². The van der Waals surface area contributed by atoms with E-state index in [1.54, 1.807) is 6.92 Å². The Morgan fingerprint density at radius 2 is 2.10 bits per heavy atom. The lowest BCUT2D eigenvalue weighted by Gasteiger charge is -2.29. The lowest BCUT2D eigenvalue weighted by atomic mass is 10.0. The summed E-state index contributed by atoms with van der Waals surface area (Å²) < 4.78 is 13.4. The van der Waals surface area contributed by atoms with Gasteiger partial charge in [0.15, 0.2) is 5.96 Å². The lowest BCUT2D eigenvalue weighted by molar-refractivity contribution is 0.248. The van der Waals surface area contributed by atoms with Crippen LogP contribution in [-0.2, 0) is 0 Å². The first-order valence-electron chi connectivity index (χ1n) is 7.61. The highest BCUT2D eigenvalue weighted by molar-refractivity contribution is 5.80. The van der Waals surface area contributed by atoms with Crippen molar-refractivity contribution >= 4 is 5.96 Å². The Bertz CT molecular complexity index is 511. The van der Waals surface area contributed by atoms with Crippen LogP contribution >= 0.6 is 0 Å². The van der Waals surface area contributed by atoms with Gasteiger partial charge in [0.25, 0.3) is 0 Å². The molecular weight excluding hydrogens is 267 g/mol. The second-order valence-electron chi connectivity index (χ2n) is 5.44. The fourth-order valence-corrected chi connectivity index (χ4v) is 2.75. The molecule has 116 valence electrons. The van der Waals surface area contributed by atoms with Gasteiger partial charge < -0.3 is 15.5 Å². The molecule has 0 radical (unpaired) electrons. The number of guanidine groups is 1. The number of hydrogen-bond donors (Lipinski definition) is 1. The molecule has 0 aromatic heterocycles. The van der Waals surface area contributed by atoms with Crippen molar-refractivity contribution in [3.63, 3.8) is 0 Å². The van der Waals surface area contributed by atoms with Gasteiger partial charge in [-0.25, -0.2) is 4.39 Å². The monoisotopic (exact) mass is 292 g/mol. The third-order valence-electron chi connectivity index (χ3n) is 4.22. The average Bonchev–Trinajstić information content (AvgIpc) is 2.84. The van der Waals surface area contributed by atoms with E-state index in [1.807, 2.05) is 12.1 Å². The second kappa shape index (κ2) is 6.89. The molecule has 0 spiro atoms. The Kier molecular flexibility index (Phi) is 5.17. The molecule has 1 aliphatic heterocycles. The number of nitrogens with zero attached hydrogens (tertiary/aromatic N) is 3. The summed E-state index contributed by atoms with van der Waals surface area (Å²) in [6.07, 6.45) is 0. The molecule has 0 saturated heterocycles. The van der Waals surface area contributed by atoms with Crippen molar-refractivity contribution < 1.29 is 4.39 Å². The molecule has 1 aromatic carbocycles. The first-order valence-corrected chi connectivity index (χ1v) is 7.61. The quantitative estimate of drug-likeness (QED) is 0.874. The SMILES string of the molecule is CCN(CC)CCN1C(N)=NCC1c1ccc(F)c(C)c1. The molecule has 21 heavy (non-hydrogen) atoms. The Hall–Kier alpha value is -1.62. The summed E-state index contributed by atoms with van der Waals surface area (Å²) in [7, 11) is 0. The van der Waals surface area contributed by atoms with Gasteiger partial charge in [0.2, 0.25) is 0 Å². The van der Waals surface area contributed by atoms with Gasteiger partial charge in [0.1, 0.15) is 5.82 Å². The van der Waals surface area contributed by atoms with E-state index in [0.717, 1.165) is 31.7 Å². The van der Waals surface area contributed by atoms with Crippen LogP contribution < -0.4 is 5.73 Å². The van der Waals surface area contributed by atoms with Gasteiger partial charge in [-0.1, -0.05) is 26.0 Å². The van der Waals surface area contributed by atoms with Gasteiger partial charge in [-0.2, -0.15) is 0 Å². The van der Waals surface area contributed by atoms with Crippen molar-refractivity contribution in [1.82, 2.24) is 9.80 Å². The summed E-state index contributed by atoms with van der Waals surface area (Å²) in [5, 5.41) is 0. The topological polar surface area (TPSA) is 44.9 Å². The smallest absolute Gasteiger partial charge is 0.191 e. The predicted molar refractivity (Wildman–Crippen MR) is 84.9 cm³/mol. The Morgan fingerprint density at radius 1 is 1.38 bits per heavy atom. The van der Waals surface area contributed by atoms with Crippen molar-refractivity contribution in [2.45, 2.75) is 26.8 Å². The molecular formula is C16H25FN4. The zero-order valence-electron chi connectivity index (χ0n) is 13.1. The summed E-state index contributed by atoms with van der Waals surface area (Å²) in [6, 6.07) is 5.39. The molecule has 2 N–H and O–H groups in total. The molecule has 1 heterocycles. The van der Waals surface area contributed by atoms with Gasteiger partial charge in [0.05, 0.1) is 12.6 Å². The maximum Gasteiger partial charge on any atom is 0.191 e. The number of aryl methyl sites for hydroxylation is 1. The lowest BCUT2D eigenvalue weighted by Crippen LogP contribution is -2.41. The number of hydrogen-bond acceptors (Lipinski definition) is 4. The van der Waals surface area contributed by atoms with Crippen molar-refractivity contribution in [2.24, 2.45) is 10.7 Å². The summed E-state index contributed by atoms with van der Waals surface area (Å²) in [6.45, 7) is 10.6. The maximum atomic E-state index is 13.4. The second-order valence-corrected chi connectivity index (χ2v) is 5.44. The van der Waals surface area contributed by atoms with Crippen LogP contribution in [0.15, 0.2) is 23.2 Å². The van der Waals surface area contributed by atoms with Gasteiger partial charge in [-0.05, 0) is 37.2 Å². The van der Waals surface area contributed by atoms with Crippen LogP contribution in [0.4, 0.5) is 4.39 Å². The number of aliphatic imine (C=N–C) groups is 1. The first kappa shape index (κ1) is 15.8. The molecule has 0 aliphatic carbocycles. The Morgan fingerprint density at radius 3 is 2.71 bits per heavy atom. The van der Waals surface area contributed by atoms with Gasteiger partial charge in [0, 0.05) is 13.1 Å². The molecule has 1 aliphatic rings. The largest absolute Gasteiger partial charge is 0.370 e. The first-order chi connectivity index (χ1) is 10.1. The van der Waals surface area contributed by atoms with Crippen LogP contribution in [0, 0.1) is 12.7 Å².